The lowest BCUT2D eigenvalue weighted by Crippen LogP contribution is -2.57. The number of hydrogen-bond donors (Lipinski definition) is 3. The van der Waals surface area contributed by atoms with Crippen molar-refractivity contribution in [3.05, 3.63) is 41.6 Å². The summed E-state index contributed by atoms with van der Waals surface area (Å²) in [4.78, 5) is 60.7. The van der Waals surface area contributed by atoms with Crippen LogP contribution in [0.1, 0.15) is 97.2 Å². The fourth-order valence-corrected chi connectivity index (χ4v) is 8.23. The standard InChI is InChI=1S/C39H49F3N4O9/c1-7-53-33(49)38-18-22(38)13-11-9-8-10-12-14-26(44-34(50)55-35(2,3)4)32(48)46-21-37(19-27(46)31(47)45-38)20-36(5,51)28-24-17-23(52-6)15-16-25(24)43-30(29(28)54-37)39(40,41)42/h11,13,15-17,22,26-27,51H,7-10,12,14,18-21H2,1-6H3,(H,44,50)(H,45,47)/t22-,26+,27+,36?,37+,38-/m1/s1. The molecule has 300 valence electrons. The van der Waals surface area contributed by atoms with Crippen LogP contribution >= 0.6 is 0 Å². The fourth-order valence-electron chi connectivity index (χ4n) is 8.23. The molecule has 0 radical (unpaired) electrons. The summed E-state index contributed by atoms with van der Waals surface area (Å²) < 4.78 is 66.9. The van der Waals surface area contributed by atoms with Gasteiger partial charge in [0.25, 0.3) is 0 Å². The number of methoxy groups -OCH3 is 1. The van der Waals surface area contributed by atoms with Gasteiger partial charge in [0, 0.05) is 29.7 Å². The number of fused-ring (bicyclic) bond motifs is 5. The number of esters is 1. The Labute approximate surface area is 317 Å². The molecule has 4 heterocycles. The number of hydrogen-bond acceptors (Lipinski definition) is 10. The van der Waals surface area contributed by atoms with E-state index in [1.165, 1.54) is 37.1 Å². The molecule has 2 fully saturated rings. The average Bonchev–Trinajstić information content (AvgIpc) is 3.66. The lowest BCUT2D eigenvalue weighted by atomic mass is 9.77. The van der Waals surface area contributed by atoms with Gasteiger partial charge in [0.1, 0.15) is 34.6 Å². The highest BCUT2D eigenvalue weighted by atomic mass is 19.4. The summed E-state index contributed by atoms with van der Waals surface area (Å²) in [5, 5.41) is 17.8. The van der Waals surface area contributed by atoms with E-state index in [1.807, 2.05) is 12.2 Å². The van der Waals surface area contributed by atoms with Gasteiger partial charge in [-0.15, -0.1) is 0 Å². The Hall–Kier alpha value is -4.60. The highest BCUT2D eigenvalue weighted by molar-refractivity contribution is 5.97. The van der Waals surface area contributed by atoms with Crippen molar-refractivity contribution in [2.75, 3.05) is 20.3 Å². The van der Waals surface area contributed by atoms with Crippen molar-refractivity contribution in [1.29, 1.82) is 0 Å². The quantitative estimate of drug-likeness (QED) is 0.269. The number of amides is 3. The van der Waals surface area contributed by atoms with Gasteiger partial charge in [-0.3, -0.25) is 9.59 Å². The summed E-state index contributed by atoms with van der Waals surface area (Å²) in [7, 11) is 1.40. The summed E-state index contributed by atoms with van der Waals surface area (Å²) in [6.07, 6.45) is 0.312. The number of ether oxygens (including phenoxy) is 4. The third-order valence-electron chi connectivity index (χ3n) is 10.6. The summed E-state index contributed by atoms with van der Waals surface area (Å²) >= 11 is 0. The van der Waals surface area contributed by atoms with Crippen molar-refractivity contribution in [3.8, 4) is 11.5 Å². The van der Waals surface area contributed by atoms with E-state index in [1.54, 1.807) is 27.7 Å². The van der Waals surface area contributed by atoms with Crippen molar-refractivity contribution >= 4 is 34.8 Å². The summed E-state index contributed by atoms with van der Waals surface area (Å²) in [5.41, 5.74) is -7.64. The van der Waals surface area contributed by atoms with E-state index in [0.29, 0.717) is 25.0 Å². The van der Waals surface area contributed by atoms with E-state index in [0.717, 1.165) is 6.42 Å². The van der Waals surface area contributed by atoms with Crippen LogP contribution in [-0.2, 0) is 35.6 Å². The van der Waals surface area contributed by atoms with E-state index in [-0.39, 0.29) is 54.7 Å². The Balaban J connectivity index is 1.45. The van der Waals surface area contributed by atoms with Gasteiger partial charge < -0.3 is 39.6 Å². The molecule has 1 aromatic heterocycles. The predicted molar refractivity (Wildman–Crippen MR) is 192 cm³/mol. The van der Waals surface area contributed by atoms with Crippen LogP contribution in [-0.4, -0.2) is 88.0 Å². The number of aromatic nitrogens is 1. The Kier molecular flexibility index (Phi) is 10.5. The zero-order chi connectivity index (χ0) is 40.1. The van der Waals surface area contributed by atoms with E-state index in [9.17, 15) is 37.5 Å². The zero-order valence-electron chi connectivity index (χ0n) is 31.9. The number of rotatable bonds is 4. The van der Waals surface area contributed by atoms with Gasteiger partial charge in [0.15, 0.2) is 11.4 Å². The van der Waals surface area contributed by atoms with Crippen LogP contribution in [0.5, 0.6) is 11.5 Å². The highest BCUT2D eigenvalue weighted by Crippen LogP contribution is 2.54. The van der Waals surface area contributed by atoms with Crippen LogP contribution < -0.4 is 20.1 Å². The molecule has 2 aromatic rings. The van der Waals surface area contributed by atoms with E-state index in [2.05, 4.69) is 15.6 Å². The van der Waals surface area contributed by atoms with Crippen LogP contribution in [0.2, 0.25) is 0 Å². The topological polar surface area (TPSA) is 166 Å². The first-order valence-corrected chi connectivity index (χ1v) is 18.7. The Bertz CT molecular complexity index is 1890. The number of allylic oxidation sites excluding steroid dienone is 1. The maximum absolute atomic E-state index is 14.8. The summed E-state index contributed by atoms with van der Waals surface area (Å²) in [6, 6.07) is 1.71. The number of alkyl carbamates (subject to hydrolysis) is 1. The monoisotopic (exact) mass is 774 g/mol. The second kappa shape index (κ2) is 14.5. The number of benzene rings is 1. The largest absolute Gasteiger partial charge is 0.497 e. The van der Waals surface area contributed by atoms with Crippen LogP contribution in [0.15, 0.2) is 30.4 Å². The normalized spacial score (nSPS) is 29.9. The minimum Gasteiger partial charge on any atom is -0.497 e. The van der Waals surface area contributed by atoms with Crippen molar-refractivity contribution in [3.63, 3.8) is 0 Å². The number of alkyl halides is 3. The third-order valence-corrected chi connectivity index (χ3v) is 10.6. The van der Waals surface area contributed by atoms with Crippen molar-refractivity contribution < 1.29 is 56.4 Å². The van der Waals surface area contributed by atoms with Crippen LogP contribution in [0, 0.1) is 5.92 Å². The molecular weight excluding hydrogens is 725 g/mol. The van der Waals surface area contributed by atoms with Gasteiger partial charge in [0.05, 0.1) is 31.4 Å². The first kappa shape index (κ1) is 40.1. The zero-order valence-corrected chi connectivity index (χ0v) is 31.9. The number of carbonyl (C=O) groups excluding carboxylic acids is 4. The molecule has 4 aliphatic rings. The van der Waals surface area contributed by atoms with Crippen LogP contribution in [0.25, 0.3) is 10.9 Å². The maximum Gasteiger partial charge on any atom is 0.437 e. The number of nitrogens with one attached hydrogen (secondary N) is 2. The molecule has 6 rings (SSSR count). The molecule has 16 heteroatoms. The SMILES string of the molecule is CCOC(=O)[C@@]12C[C@H]1C=CCCCCC[C@H](NC(=O)OC(C)(C)C)C(=O)N1C[C@]3(C[C@H]1C(=O)N2)CC(C)(O)c1c(c(C(F)(F)F)nc2ccc(OC)cc12)O3. The minimum absolute atomic E-state index is 0.0475. The molecule has 1 spiro atoms. The second-order valence-corrected chi connectivity index (χ2v) is 16.2. The van der Waals surface area contributed by atoms with Gasteiger partial charge in [-0.1, -0.05) is 25.0 Å². The molecular formula is C39H49F3N4O9. The molecule has 1 saturated heterocycles. The summed E-state index contributed by atoms with van der Waals surface area (Å²) in [5.74, 6) is -2.89. The van der Waals surface area contributed by atoms with Crippen molar-refractivity contribution in [2.45, 2.75) is 127 Å². The van der Waals surface area contributed by atoms with E-state index >= 15 is 0 Å². The Morgan fingerprint density at radius 3 is 2.56 bits per heavy atom. The Morgan fingerprint density at radius 1 is 1.15 bits per heavy atom. The smallest absolute Gasteiger partial charge is 0.437 e. The van der Waals surface area contributed by atoms with Gasteiger partial charge in [0.2, 0.25) is 11.8 Å². The number of nitrogens with zero attached hydrogens (tertiary/aromatic N) is 2. The van der Waals surface area contributed by atoms with Crippen molar-refractivity contribution in [1.82, 2.24) is 20.5 Å². The first-order valence-electron chi connectivity index (χ1n) is 18.7. The molecule has 6 atom stereocenters. The third kappa shape index (κ3) is 8.05. The molecule has 3 aliphatic heterocycles. The molecule has 1 aromatic carbocycles. The average molecular weight is 775 g/mol. The Morgan fingerprint density at radius 2 is 1.89 bits per heavy atom. The number of pyridine rings is 1. The molecule has 1 saturated carbocycles. The fraction of sp³-hybridized carbons (Fsp3) is 0.615. The molecule has 55 heavy (non-hydrogen) atoms. The lowest BCUT2D eigenvalue weighted by molar-refractivity contribution is -0.150. The summed E-state index contributed by atoms with van der Waals surface area (Å²) in [6.45, 7) is 7.62. The predicted octanol–water partition coefficient (Wildman–Crippen LogP) is 5.44. The molecule has 0 bridgehead atoms. The molecule has 1 unspecified atom stereocenters. The molecule has 13 nitrogen and oxygen atoms in total. The number of carbonyl (C=O) groups is 4. The second-order valence-electron chi connectivity index (χ2n) is 16.2. The lowest BCUT2D eigenvalue weighted by Gasteiger charge is -2.44. The highest BCUT2D eigenvalue weighted by Gasteiger charge is 2.64. The van der Waals surface area contributed by atoms with Gasteiger partial charge >= 0.3 is 18.2 Å². The minimum atomic E-state index is -5.02. The number of aliphatic hydroxyl groups is 1. The van der Waals surface area contributed by atoms with E-state index < -0.39 is 82.5 Å². The van der Waals surface area contributed by atoms with Gasteiger partial charge in [-0.05, 0) is 78.5 Å². The van der Waals surface area contributed by atoms with Crippen LogP contribution in [0.3, 0.4) is 0 Å². The molecule has 3 amide bonds. The number of halogens is 3. The maximum atomic E-state index is 14.8. The van der Waals surface area contributed by atoms with Crippen molar-refractivity contribution in [2.24, 2.45) is 5.92 Å². The first-order chi connectivity index (χ1) is 25.7. The van der Waals surface area contributed by atoms with Crippen LogP contribution in [0.4, 0.5) is 18.0 Å². The molecule has 1 aliphatic carbocycles. The van der Waals surface area contributed by atoms with Gasteiger partial charge in [-0.2, -0.15) is 13.2 Å². The van der Waals surface area contributed by atoms with E-state index in [4.69, 9.17) is 18.9 Å². The van der Waals surface area contributed by atoms with Gasteiger partial charge in [-0.25, -0.2) is 14.6 Å². The molecule has 3 N–H and O–H groups in total.